The Morgan fingerprint density at radius 3 is 2.44 bits per heavy atom. The quantitative estimate of drug-likeness (QED) is 0.522. The lowest BCUT2D eigenvalue weighted by molar-refractivity contribution is -0.178. The number of hydrogen-bond acceptors (Lipinski definition) is 4. The number of hydroxylamine groups is 2. The second kappa shape index (κ2) is 4.97. The van der Waals surface area contributed by atoms with Crippen LogP contribution in [0.3, 0.4) is 0 Å². The molecule has 1 aliphatic rings. The topological polar surface area (TPSA) is 70.4 Å². The highest BCUT2D eigenvalue weighted by Crippen LogP contribution is 2.36. The van der Waals surface area contributed by atoms with Gasteiger partial charge in [0.15, 0.2) is 5.41 Å². The lowest BCUT2D eigenvalue weighted by atomic mass is 9.82. The fraction of sp³-hybridized carbons (Fsp3) is 0.727. The monoisotopic (exact) mass is 224 g/mol. The van der Waals surface area contributed by atoms with Crippen molar-refractivity contribution >= 4 is 11.9 Å². The molecule has 0 atom stereocenters. The molecule has 0 unspecified atom stereocenters. The van der Waals surface area contributed by atoms with Gasteiger partial charge in [-0.25, -0.2) is 4.79 Å². The zero-order valence-corrected chi connectivity index (χ0v) is 9.65. The van der Waals surface area contributed by atoms with Crippen LogP contribution in [-0.2, 0) is 14.4 Å². The highest BCUT2D eigenvalue weighted by atomic mass is 16.7. The molecule has 5 heteroatoms. The Morgan fingerprint density at radius 2 is 2.00 bits per heavy atom. The van der Waals surface area contributed by atoms with Crippen molar-refractivity contribution in [1.82, 2.24) is 5.06 Å². The van der Waals surface area contributed by atoms with E-state index < -0.39 is 11.4 Å². The molecular weight excluding hydrogens is 208 g/mol. The van der Waals surface area contributed by atoms with E-state index in [1.807, 2.05) is 6.07 Å². The molecule has 1 saturated heterocycles. The van der Waals surface area contributed by atoms with E-state index in [-0.39, 0.29) is 5.91 Å². The standard InChI is InChI=1S/C11H16N2O3/c1-3-11(4-2)9(14)13(16-10(11)15)8-6-5-7-12/h3-6,8H2,1-2H3. The van der Waals surface area contributed by atoms with E-state index in [1.54, 1.807) is 13.8 Å². The number of carbonyl (C=O) groups excluding carboxylic acids is 2. The van der Waals surface area contributed by atoms with Crippen LogP contribution >= 0.6 is 0 Å². The predicted molar refractivity (Wildman–Crippen MR) is 55.7 cm³/mol. The van der Waals surface area contributed by atoms with E-state index in [0.29, 0.717) is 32.2 Å². The number of nitrogens with zero attached hydrogens (tertiary/aromatic N) is 2. The van der Waals surface area contributed by atoms with Crippen LogP contribution in [0, 0.1) is 16.7 Å². The average Bonchev–Trinajstić information content (AvgIpc) is 2.52. The van der Waals surface area contributed by atoms with Gasteiger partial charge in [-0.1, -0.05) is 13.8 Å². The van der Waals surface area contributed by atoms with E-state index >= 15 is 0 Å². The summed E-state index contributed by atoms with van der Waals surface area (Å²) in [5, 5.41) is 9.50. The molecule has 0 N–H and O–H groups in total. The first-order valence-corrected chi connectivity index (χ1v) is 5.53. The molecule has 1 aliphatic heterocycles. The van der Waals surface area contributed by atoms with Gasteiger partial charge >= 0.3 is 5.97 Å². The minimum absolute atomic E-state index is 0.263. The van der Waals surface area contributed by atoms with Gasteiger partial charge in [-0.15, -0.1) is 0 Å². The summed E-state index contributed by atoms with van der Waals surface area (Å²) in [5.41, 5.74) is -0.993. The van der Waals surface area contributed by atoms with Crippen LogP contribution in [0.2, 0.25) is 0 Å². The second-order valence-electron chi connectivity index (χ2n) is 3.84. The molecule has 1 rings (SSSR count). The molecular formula is C11H16N2O3. The predicted octanol–water partition coefficient (Wildman–Crippen LogP) is 1.40. The number of rotatable bonds is 5. The molecule has 0 aliphatic carbocycles. The third-order valence-corrected chi connectivity index (χ3v) is 3.08. The molecule has 0 bridgehead atoms. The highest BCUT2D eigenvalue weighted by Gasteiger charge is 2.54. The first kappa shape index (κ1) is 12.5. The third-order valence-electron chi connectivity index (χ3n) is 3.08. The van der Waals surface area contributed by atoms with Crippen LogP contribution in [0.25, 0.3) is 0 Å². The summed E-state index contributed by atoms with van der Waals surface area (Å²) in [7, 11) is 0. The van der Waals surface area contributed by atoms with Crippen LogP contribution in [-0.4, -0.2) is 23.5 Å². The number of amides is 1. The Bertz CT molecular complexity index is 329. The number of nitriles is 1. The van der Waals surface area contributed by atoms with Crippen LogP contribution in [0.5, 0.6) is 0 Å². The molecule has 16 heavy (non-hydrogen) atoms. The molecule has 0 radical (unpaired) electrons. The van der Waals surface area contributed by atoms with Gasteiger partial charge in [0.05, 0.1) is 12.6 Å². The van der Waals surface area contributed by atoms with Crippen molar-refractivity contribution < 1.29 is 14.4 Å². The summed E-state index contributed by atoms with van der Waals surface area (Å²) in [6.45, 7) is 3.92. The molecule has 1 heterocycles. The van der Waals surface area contributed by atoms with Crippen LogP contribution in [0.4, 0.5) is 0 Å². The van der Waals surface area contributed by atoms with Gasteiger partial charge in [0, 0.05) is 6.42 Å². The van der Waals surface area contributed by atoms with Crippen molar-refractivity contribution in [3.8, 4) is 6.07 Å². The molecule has 5 nitrogen and oxygen atoms in total. The average molecular weight is 224 g/mol. The molecule has 0 aromatic rings. The zero-order valence-electron chi connectivity index (χ0n) is 9.65. The Balaban J connectivity index is 2.71. The maximum absolute atomic E-state index is 12.0. The Kier molecular flexibility index (Phi) is 3.88. The zero-order chi connectivity index (χ0) is 12.2. The normalized spacial score (nSPS) is 18.4. The SMILES string of the molecule is CCC1(CC)C(=O)ON(CCCC#N)C1=O. The smallest absolute Gasteiger partial charge is 0.337 e. The van der Waals surface area contributed by atoms with E-state index in [2.05, 4.69) is 0 Å². The van der Waals surface area contributed by atoms with Gasteiger partial charge in [-0.05, 0) is 19.3 Å². The fourth-order valence-electron chi connectivity index (χ4n) is 1.84. The summed E-state index contributed by atoms with van der Waals surface area (Å²) < 4.78 is 0. The molecule has 1 amide bonds. The van der Waals surface area contributed by atoms with Crippen molar-refractivity contribution in [2.45, 2.75) is 39.5 Å². The lowest BCUT2D eigenvalue weighted by Gasteiger charge is -2.18. The summed E-state index contributed by atoms with van der Waals surface area (Å²) in [4.78, 5) is 28.6. The Hall–Kier alpha value is -1.57. The van der Waals surface area contributed by atoms with Crippen LogP contribution in [0.15, 0.2) is 0 Å². The number of unbranched alkanes of at least 4 members (excludes halogenated alkanes) is 1. The van der Waals surface area contributed by atoms with E-state index in [0.717, 1.165) is 5.06 Å². The van der Waals surface area contributed by atoms with Gasteiger partial charge in [0.2, 0.25) is 0 Å². The van der Waals surface area contributed by atoms with Crippen molar-refractivity contribution in [2.24, 2.45) is 5.41 Å². The highest BCUT2D eigenvalue weighted by molar-refractivity contribution is 6.06. The third kappa shape index (κ3) is 1.87. The van der Waals surface area contributed by atoms with Crippen molar-refractivity contribution in [3.63, 3.8) is 0 Å². The van der Waals surface area contributed by atoms with Crippen LogP contribution in [0.1, 0.15) is 39.5 Å². The summed E-state index contributed by atoms with van der Waals surface area (Å²) in [6.07, 6.45) is 1.79. The molecule has 0 aromatic carbocycles. The van der Waals surface area contributed by atoms with Gasteiger partial charge in [-0.3, -0.25) is 4.79 Å². The van der Waals surface area contributed by atoms with Gasteiger partial charge in [0.1, 0.15) is 0 Å². The minimum Gasteiger partial charge on any atom is -0.337 e. The van der Waals surface area contributed by atoms with Crippen LogP contribution < -0.4 is 0 Å². The first-order chi connectivity index (χ1) is 7.62. The van der Waals surface area contributed by atoms with E-state index in [1.165, 1.54) is 0 Å². The minimum atomic E-state index is -0.993. The first-order valence-electron chi connectivity index (χ1n) is 5.53. The second-order valence-corrected chi connectivity index (χ2v) is 3.84. The summed E-state index contributed by atoms with van der Waals surface area (Å²) >= 11 is 0. The lowest BCUT2D eigenvalue weighted by Crippen LogP contribution is -2.36. The molecule has 88 valence electrons. The molecule has 0 spiro atoms. The Labute approximate surface area is 94.9 Å². The molecule has 1 fully saturated rings. The van der Waals surface area contributed by atoms with Gasteiger partial charge < -0.3 is 4.84 Å². The van der Waals surface area contributed by atoms with Gasteiger partial charge in [-0.2, -0.15) is 10.3 Å². The number of carbonyl (C=O) groups is 2. The van der Waals surface area contributed by atoms with Crippen molar-refractivity contribution in [1.29, 1.82) is 5.26 Å². The molecule has 0 saturated carbocycles. The van der Waals surface area contributed by atoms with Crippen molar-refractivity contribution in [3.05, 3.63) is 0 Å². The maximum Gasteiger partial charge on any atom is 0.348 e. The molecule has 0 aromatic heterocycles. The largest absolute Gasteiger partial charge is 0.348 e. The Morgan fingerprint density at radius 1 is 1.38 bits per heavy atom. The summed E-state index contributed by atoms with van der Waals surface area (Å²) in [5.74, 6) is -0.722. The van der Waals surface area contributed by atoms with Crippen molar-refractivity contribution in [2.75, 3.05) is 6.54 Å². The van der Waals surface area contributed by atoms with E-state index in [4.69, 9.17) is 10.1 Å². The maximum atomic E-state index is 12.0. The fourth-order valence-corrected chi connectivity index (χ4v) is 1.84. The van der Waals surface area contributed by atoms with E-state index in [9.17, 15) is 9.59 Å². The van der Waals surface area contributed by atoms with Gasteiger partial charge in [0.25, 0.3) is 5.91 Å². The number of hydrogen-bond donors (Lipinski definition) is 0. The summed E-state index contributed by atoms with van der Waals surface area (Å²) in [6, 6.07) is 1.99.